The molecule has 1 amide bonds. The second kappa shape index (κ2) is 6.29. The molecule has 0 saturated carbocycles. The van der Waals surface area contributed by atoms with Gasteiger partial charge in [-0.3, -0.25) is 4.79 Å². The molecule has 3 rings (SSSR count). The molecule has 0 saturated heterocycles. The fraction of sp³-hybridized carbons (Fsp3) is 0.250. The fourth-order valence-electron chi connectivity index (χ4n) is 2.21. The SMILES string of the molecule is Cc1ccc(C)c(-c2csc(NC(=O)[C@@H](C)n3cncn3)n2)c1. The Bertz CT molecular complexity index is 825. The first-order valence-corrected chi connectivity index (χ1v) is 8.10. The highest BCUT2D eigenvalue weighted by atomic mass is 32.1. The summed E-state index contributed by atoms with van der Waals surface area (Å²) in [5.41, 5.74) is 4.31. The van der Waals surface area contributed by atoms with E-state index >= 15 is 0 Å². The number of amides is 1. The Labute approximate surface area is 138 Å². The number of hydrogen-bond acceptors (Lipinski definition) is 5. The molecule has 2 aromatic heterocycles. The summed E-state index contributed by atoms with van der Waals surface area (Å²) in [4.78, 5) is 20.6. The molecular formula is C16H17N5OS. The number of nitrogens with one attached hydrogen (secondary N) is 1. The maximum atomic E-state index is 12.2. The molecule has 6 nitrogen and oxygen atoms in total. The van der Waals surface area contributed by atoms with Crippen LogP contribution in [-0.2, 0) is 4.79 Å². The van der Waals surface area contributed by atoms with Crippen molar-refractivity contribution in [1.29, 1.82) is 0 Å². The zero-order valence-corrected chi connectivity index (χ0v) is 14.0. The van der Waals surface area contributed by atoms with Gasteiger partial charge in [0, 0.05) is 10.9 Å². The minimum absolute atomic E-state index is 0.169. The Morgan fingerprint density at radius 1 is 1.35 bits per heavy atom. The van der Waals surface area contributed by atoms with Crippen molar-refractivity contribution in [2.45, 2.75) is 26.8 Å². The van der Waals surface area contributed by atoms with Crippen LogP contribution in [0, 0.1) is 13.8 Å². The third kappa shape index (κ3) is 3.29. The third-order valence-electron chi connectivity index (χ3n) is 3.62. The fourth-order valence-corrected chi connectivity index (χ4v) is 2.93. The molecule has 1 aromatic carbocycles. The van der Waals surface area contributed by atoms with Crippen LogP contribution >= 0.6 is 11.3 Å². The molecule has 118 valence electrons. The van der Waals surface area contributed by atoms with E-state index in [0.29, 0.717) is 5.13 Å². The summed E-state index contributed by atoms with van der Waals surface area (Å²) < 4.78 is 1.51. The van der Waals surface area contributed by atoms with Gasteiger partial charge in [0.05, 0.1) is 5.69 Å². The molecular weight excluding hydrogens is 310 g/mol. The van der Waals surface area contributed by atoms with Crippen LogP contribution in [0.2, 0.25) is 0 Å². The Morgan fingerprint density at radius 2 is 2.17 bits per heavy atom. The van der Waals surface area contributed by atoms with E-state index in [1.54, 1.807) is 6.92 Å². The van der Waals surface area contributed by atoms with Crippen molar-refractivity contribution >= 4 is 22.4 Å². The number of anilines is 1. The summed E-state index contributed by atoms with van der Waals surface area (Å²) in [5.74, 6) is -0.169. The maximum Gasteiger partial charge on any atom is 0.250 e. The number of carbonyl (C=O) groups is 1. The molecule has 0 unspecified atom stereocenters. The Morgan fingerprint density at radius 3 is 2.91 bits per heavy atom. The van der Waals surface area contributed by atoms with E-state index in [9.17, 15) is 4.79 Å². The van der Waals surface area contributed by atoms with E-state index in [2.05, 4.69) is 52.4 Å². The number of carbonyl (C=O) groups excluding carboxylic acids is 1. The van der Waals surface area contributed by atoms with Gasteiger partial charge in [0.15, 0.2) is 5.13 Å². The minimum atomic E-state index is -0.439. The largest absolute Gasteiger partial charge is 0.300 e. The van der Waals surface area contributed by atoms with Gasteiger partial charge in [-0.15, -0.1) is 11.3 Å². The van der Waals surface area contributed by atoms with Crippen molar-refractivity contribution in [2.75, 3.05) is 5.32 Å². The lowest BCUT2D eigenvalue weighted by Gasteiger charge is -2.10. The van der Waals surface area contributed by atoms with Gasteiger partial charge < -0.3 is 5.32 Å². The topological polar surface area (TPSA) is 72.7 Å². The number of aromatic nitrogens is 4. The summed E-state index contributed by atoms with van der Waals surface area (Å²) >= 11 is 1.41. The Balaban J connectivity index is 1.77. The molecule has 0 spiro atoms. The van der Waals surface area contributed by atoms with Gasteiger partial charge >= 0.3 is 0 Å². The summed E-state index contributed by atoms with van der Waals surface area (Å²) in [7, 11) is 0. The number of hydrogen-bond donors (Lipinski definition) is 1. The second-order valence-corrected chi connectivity index (χ2v) is 6.26. The highest BCUT2D eigenvalue weighted by Crippen LogP contribution is 2.28. The van der Waals surface area contributed by atoms with E-state index in [1.807, 2.05) is 5.38 Å². The molecule has 0 aliphatic rings. The molecule has 0 aliphatic heterocycles. The van der Waals surface area contributed by atoms with Crippen molar-refractivity contribution in [2.24, 2.45) is 0 Å². The predicted molar refractivity (Wildman–Crippen MR) is 90.4 cm³/mol. The lowest BCUT2D eigenvalue weighted by atomic mass is 10.0. The van der Waals surface area contributed by atoms with Crippen molar-refractivity contribution in [3.63, 3.8) is 0 Å². The van der Waals surface area contributed by atoms with Crippen LogP contribution in [0.4, 0.5) is 5.13 Å². The number of rotatable bonds is 4. The van der Waals surface area contributed by atoms with Gasteiger partial charge in [0.2, 0.25) is 0 Å². The second-order valence-electron chi connectivity index (χ2n) is 5.40. The summed E-state index contributed by atoms with van der Waals surface area (Å²) in [6, 6.07) is 5.82. The average molecular weight is 327 g/mol. The van der Waals surface area contributed by atoms with Gasteiger partial charge in [0.1, 0.15) is 18.7 Å². The number of thiazole rings is 1. The van der Waals surface area contributed by atoms with Crippen LogP contribution in [-0.4, -0.2) is 25.7 Å². The maximum absolute atomic E-state index is 12.2. The molecule has 0 bridgehead atoms. The highest BCUT2D eigenvalue weighted by Gasteiger charge is 2.17. The molecule has 1 atom stereocenters. The van der Waals surface area contributed by atoms with Gasteiger partial charge in [-0.2, -0.15) is 5.10 Å². The lowest BCUT2D eigenvalue weighted by Crippen LogP contribution is -2.23. The first-order chi connectivity index (χ1) is 11.0. The van der Waals surface area contributed by atoms with E-state index in [0.717, 1.165) is 16.8 Å². The van der Waals surface area contributed by atoms with Crippen LogP contribution < -0.4 is 5.32 Å². The number of nitrogens with zero attached hydrogens (tertiary/aromatic N) is 4. The van der Waals surface area contributed by atoms with Gasteiger partial charge in [0.25, 0.3) is 5.91 Å². The molecule has 3 aromatic rings. The van der Waals surface area contributed by atoms with Crippen molar-refractivity contribution in [3.8, 4) is 11.3 Å². The van der Waals surface area contributed by atoms with E-state index in [-0.39, 0.29) is 5.91 Å². The monoisotopic (exact) mass is 327 g/mol. The standard InChI is InChI=1S/C16H17N5OS/c1-10-4-5-11(2)13(6-10)14-7-23-16(19-14)20-15(22)12(3)21-9-17-8-18-21/h4-9,12H,1-3H3,(H,19,20,22)/t12-/m1/s1. The normalized spacial score (nSPS) is 12.1. The highest BCUT2D eigenvalue weighted by molar-refractivity contribution is 7.14. The quantitative estimate of drug-likeness (QED) is 0.798. The van der Waals surface area contributed by atoms with Crippen LogP contribution in [0.25, 0.3) is 11.3 Å². The van der Waals surface area contributed by atoms with Crippen LogP contribution in [0.3, 0.4) is 0 Å². The van der Waals surface area contributed by atoms with Gasteiger partial charge in [-0.1, -0.05) is 17.7 Å². The van der Waals surface area contributed by atoms with E-state index in [1.165, 1.54) is 34.2 Å². The van der Waals surface area contributed by atoms with E-state index < -0.39 is 6.04 Å². The predicted octanol–water partition coefficient (Wildman–Crippen LogP) is 3.22. The molecule has 23 heavy (non-hydrogen) atoms. The molecule has 0 radical (unpaired) electrons. The Hall–Kier alpha value is -2.54. The Kier molecular flexibility index (Phi) is 4.20. The zero-order chi connectivity index (χ0) is 16.4. The molecule has 2 heterocycles. The van der Waals surface area contributed by atoms with Crippen LogP contribution in [0.15, 0.2) is 36.2 Å². The molecule has 1 N–H and O–H groups in total. The van der Waals surface area contributed by atoms with Gasteiger partial charge in [-0.25, -0.2) is 14.6 Å². The molecule has 7 heteroatoms. The lowest BCUT2D eigenvalue weighted by molar-refractivity contribution is -0.119. The van der Waals surface area contributed by atoms with Gasteiger partial charge in [-0.05, 0) is 32.4 Å². The van der Waals surface area contributed by atoms with E-state index in [4.69, 9.17) is 0 Å². The number of benzene rings is 1. The first kappa shape index (κ1) is 15.4. The molecule has 0 aliphatic carbocycles. The minimum Gasteiger partial charge on any atom is -0.300 e. The summed E-state index contributed by atoms with van der Waals surface area (Å²) in [6.45, 7) is 5.88. The third-order valence-corrected chi connectivity index (χ3v) is 4.37. The van der Waals surface area contributed by atoms with Crippen molar-refractivity contribution < 1.29 is 4.79 Å². The number of aryl methyl sites for hydroxylation is 2. The summed E-state index contributed by atoms with van der Waals surface area (Å²) in [5, 5.41) is 9.35. The van der Waals surface area contributed by atoms with Crippen LogP contribution in [0.5, 0.6) is 0 Å². The molecule has 0 fully saturated rings. The van der Waals surface area contributed by atoms with Crippen molar-refractivity contribution in [3.05, 3.63) is 47.4 Å². The van der Waals surface area contributed by atoms with Crippen molar-refractivity contribution in [1.82, 2.24) is 19.7 Å². The first-order valence-electron chi connectivity index (χ1n) is 7.22. The average Bonchev–Trinajstić information content (AvgIpc) is 3.20. The smallest absolute Gasteiger partial charge is 0.250 e. The van der Waals surface area contributed by atoms with Crippen LogP contribution in [0.1, 0.15) is 24.1 Å². The summed E-state index contributed by atoms with van der Waals surface area (Å²) in [6.07, 6.45) is 2.93. The zero-order valence-electron chi connectivity index (χ0n) is 13.1.